The number of halogens is 3. The van der Waals surface area contributed by atoms with Gasteiger partial charge in [0.25, 0.3) is 0 Å². The van der Waals surface area contributed by atoms with Crippen molar-refractivity contribution in [3.05, 3.63) is 29.3 Å². The van der Waals surface area contributed by atoms with Crippen LogP contribution in [0.4, 0.5) is 18.9 Å². The molecule has 2 nitrogen and oxygen atoms in total. The fourth-order valence-corrected chi connectivity index (χ4v) is 2.21. The zero-order valence-corrected chi connectivity index (χ0v) is 10.3. The van der Waals surface area contributed by atoms with Crippen LogP contribution in [0.15, 0.2) is 18.2 Å². The summed E-state index contributed by atoms with van der Waals surface area (Å²) in [6, 6.07) is 4.26. The molecule has 1 fully saturated rings. The lowest BCUT2D eigenvalue weighted by molar-refractivity contribution is -0.137. The average Bonchev–Trinajstić information content (AvgIpc) is 2.55. The maximum atomic E-state index is 12.8. The van der Waals surface area contributed by atoms with Gasteiger partial charge in [0.05, 0.1) is 5.56 Å². The van der Waals surface area contributed by atoms with Crippen molar-refractivity contribution in [1.29, 1.82) is 0 Å². The number of anilines is 1. The molecule has 0 unspecified atom stereocenters. The first-order valence-corrected chi connectivity index (χ1v) is 6.11. The lowest BCUT2D eigenvalue weighted by atomic mass is 10.1. The zero-order chi connectivity index (χ0) is 13.2. The summed E-state index contributed by atoms with van der Waals surface area (Å²) in [5, 5.41) is 3.24. The standard InChI is InChI=1S/C13H17F3N2/c1-10-7-11(13(14,15)16)9-12(8-10)18-5-2-3-17-4-6-18/h7-9,17H,2-6H2,1H3. The molecule has 1 saturated heterocycles. The van der Waals surface area contributed by atoms with Gasteiger partial charge in [-0.1, -0.05) is 0 Å². The Morgan fingerprint density at radius 3 is 2.61 bits per heavy atom. The Balaban J connectivity index is 2.29. The predicted molar refractivity (Wildman–Crippen MR) is 65.9 cm³/mol. The summed E-state index contributed by atoms with van der Waals surface area (Å²) in [4.78, 5) is 2.02. The Labute approximate surface area is 105 Å². The second-order valence-corrected chi connectivity index (χ2v) is 4.65. The van der Waals surface area contributed by atoms with E-state index in [1.807, 2.05) is 11.0 Å². The second kappa shape index (κ2) is 5.18. The van der Waals surface area contributed by atoms with Gasteiger partial charge in [-0.25, -0.2) is 0 Å². The Morgan fingerprint density at radius 2 is 1.89 bits per heavy atom. The minimum atomic E-state index is -4.27. The monoisotopic (exact) mass is 258 g/mol. The summed E-state index contributed by atoms with van der Waals surface area (Å²) in [5.74, 6) is 0. The highest BCUT2D eigenvalue weighted by atomic mass is 19.4. The molecule has 0 radical (unpaired) electrons. The molecule has 1 aliphatic rings. The van der Waals surface area contributed by atoms with Crippen LogP contribution in [0.2, 0.25) is 0 Å². The summed E-state index contributed by atoms with van der Waals surface area (Å²) in [6.07, 6.45) is -3.32. The molecule has 1 heterocycles. The molecular weight excluding hydrogens is 241 g/mol. The number of rotatable bonds is 1. The van der Waals surface area contributed by atoms with E-state index in [1.165, 1.54) is 12.1 Å². The van der Waals surface area contributed by atoms with E-state index in [2.05, 4.69) is 5.32 Å². The van der Waals surface area contributed by atoms with Crippen molar-refractivity contribution < 1.29 is 13.2 Å². The van der Waals surface area contributed by atoms with Gasteiger partial charge in [0.15, 0.2) is 0 Å². The molecule has 0 aliphatic carbocycles. The van der Waals surface area contributed by atoms with Crippen LogP contribution in [0.5, 0.6) is 0 Å². The van der Waals surface area contributed by atoms with Gasteiger partial charge in [0.1, 0.15) is 0 Å². The minimum Gasteiger partial charge on any atom is -0.370 e. The van der Waals surface area contributed by atoms with E-state index in [9.17, 15) is 13.2 Å². The van der Waals surface area contributed by atoms with Crippen LogP contribution >= 0.6 is 0 Å². The predicted octanol–water partition coefficient (Wildman–Crippen LogP) is 2.81. The van der Waals surface area contributed by atoms with Crippen molar-refractivity contribution in [3.8, 4) is 0 Å². The smallest absolute Gasteiger partial charge is 0.370 e. The van der Waals surface area contributed by atoms with E-state index in [4.69, 9.17) is 0 Å². The third-order valence-electron chi connectivity index (χ3n) is 3.09. The quantitative estimate of drug-likeness (QED) is 0.833. The van der Waals surface area contributed by atoms with Crippen LogP contribution in [-0.4, -0.2) is 26.2 Å². The van der Waals surface area contributed by atoms with Crippen molar-refractivity contribution in [2.75, 3.05) is 31.1 Å². The molecule has 2 rings (SSSR count). The number of nitrogens with zero attached hydrogens (tertiary/aromatic N) is 1. The van der Waals surface area contributed by atoms with Crippen LogP contribution < -0.4 is 10.2 Å². The minimum absolute atomic E-state index is 0.560. The number of aryl methyl sites for hydroxylation is 1. The van der Waals surface area contributed by atoms with Gasteiger partial charge in [0.2, 0.25) is 0 Å². The van der Waals surface area contributed by atoms with Gasteiger partial charge in [-0.15, -0.1) is 0 Å². The number of benzene rings is 1. The Hall–Kier alpha value is -1.23. The fraction of sp³-hybridized carbons (Fsp3) is 0.538. The first-order valence-electron chi connectivity index (χ1n) is 6.11. The molecule has 0 atom stereocenters. The topological polar surface area (TPSA) is 15.3 Å². The van der Waals surface area contributed by atoms with Gasteiger partial charge in [-0.2, -0.15) is 13.2 Å². The summed E-state index contributed by atoms with van der Waals surface area (Å²) in [6.45, 7) is 4.99. The maximum Gasteiger partial charge on any atom is 0.416 e. The van der Waals surface area contributed by atoms with E-state index >= 15 is 0 Å². The average molecular weight is 258 g/mol. The molecule has 0 spiro atoms. The molecule has 1 aromatic carbocycles. The lowest BCUT2D eigenvalue weighted by Gasteiger charge is -2.24. The highest BCUT2D eigenvalue weighted by Crippen LogP contribution is 2.32. The molecule has 0 bridgehead atoms. The largest absolute Gasteiger partial charge is 0.416 e. The van der Waals surface area contributed by atoms with Gasteiger partial charge in [-0.3, -0.25) is 0 Å². The highest BCUT2D eigenvalue weighted by molar-refractivity contribution is 5.52. The zero-order valence-electron chi connectivity index (χ0n) is 10.3. The van der Waals surface area contributed by atoms with Crippen molar-refractivity contribution in [1.82, 2.24) is 5.32 Å². The van der Waals surface area contributed by atoms with E-state index < -0.39 is 11.7 Å². The van der Waals surface area contributed by atoms with Crippen molar-refractivity contribution in [2.45, 2.75) is 19.5 Å². The van der Waals surface area contributed by atoms with E-state index in [-0.39, 0.29) is 0 Å². The van der Waals surface area contributed by atoms with E-state index in [1.54, 1.807) is 6.92 Å². The number of nitrogens with one attached hydrogen (secondary N) is 1. The van der Waals surface area contributed by atoms with Gasteiger partial charge in [-0.05, 0) is 43.7 Å². The Bertz CT molecular complexity index is 407. The van der Waals surface area contributed by atoms with Crippen molar-refractivity contribution in [2.24, 2.45) is 0 Å². The first-order chi connectivity index (χ1) is 8.47. The third kappa shape index (κ3) is 3.16. The molecule has 100 valence electrons. The SMILES string of the molecule is Cc1cc(N2CCCNCC2)cc(C(F)(F)F)c1. The van der Waals surface area contributed by atoms with Gasteiger partial charge in [0, 0.05) is 25.3 Å². The second-order valence-electron chi connectivity index (χ2n) is 4.65. The van der Waals surface area contributed by atoms with Crippen LogP contribution in [0.3, 0.4) is 0 Å². The van der Waals surface area contributed by atoms with Gasteiger partial charge >= 0.3 is 6.18 Å². The van der Waals surface area contributed by atoms with Crippen molar-refractivity contribution in [3.63, 3.8) is 0 Å². The summed E-state index contributed by atoms with van der Waals surface area (Å²) in [7, 11) is 0. The number of alkyl halides is 3. The first kappa shape index (κ1) is 13.2. The highest BCUT2D eigenvalue weighted by Gasteiger charge is 2.31. The molecule has 1 N–H and O–H groups in total. The molecule has 0 saturated carbocycles. The van der Waals surface area contributed by atoms with E-state index in [0.717, 1.165) is 32.6 Å². The molecule has 1 aliphatic heterocycles. The summed E-state index contributed by atoms with van der Waals surface area (Å²) >= 11 is 0. The summed E-state index contributed by atoms with van der Waals surface area (Å²) in [5.41, 5.74) is 0.762. The van der Waals surface area contributed by atoms with Crippen LogP contribution in [-0.2, 0) is 6.18 Å². The van der Waals surface area contributed by atoms with Crippen molar-refractivity contribution >= 4 is 5.69 Å². The maximum absolute atomic E-state index is 12.8. The molecular formula is C13H17F3N2. The van der Waals surface area contributed by atoms with Gasteiger partial charge < -0.3 is 10.2 Å². The fourth-order valence-electron chi connectivity index (χ4n) is 2.21. The lowest BCUT2D eigenvalue weighted by Crippen LogP contribution is -2.28. The summed E-state index contributed by atoms with van der Waals surface area (Å²) < 4.78 is 38.3. The van der Waals surface area contributed by atoms with Crippen LogP contribution in [0.25, 0.3) is 0 Å². The normalized spacial score (nSPS) is 17.7. The van der Waals surface area contributed by atoms with Crippen LogP contribution in [0.1, 0.15) is 17.5 Å². The number of hydrogen-bond donors (Lipinski definition) is 1. The Morgan fingerprint density at radius 1 is 1.11 bits per heavy atom. The van der Waals surface area contributed by atoms with E-state index in [0.29, 0.717) is 11.3 Å². The molecule has 0 amide bonds. The molecule has 0 aromatic heterocycles. The van der Waals surface area contributed by atoms with Crippen LogP contribution in [0, 0.1) is 6.92 Å². The number of hydrogen-bond acceptors (Lipinski definition) is 2. The third-order valence-corrected chi connectivity index (χ3v) is 3.09. The molecule has 18 heavy (non-hydrogen) atoms. The molecule has 5 heteroatoms. The Kier molecular flexibility index (Phi) is 3.80. The molecule has 1 aromatic rings.